The van der Waals surface area contributed by atoms with Crippen LogP contribution in [-0.4, -0.2) is 29.2 Å². The number of anilines is 1. The molecule has 1 atom stereocenters. The van der Waals surface area contributed by atoms with Crippen molar-refractivity contribution in [2.24, 2.45) is 11.7 Å². The molecular formula is C17H19F3N2O5. The predicted octanol–water partition coefficient (Wildman–Crippen LogP) is 2.66. The minimum absolute atomic E-state index is 0.0650. The zero-order chi connectivity index (χ0) is 20.9. The topological polar surface area (TPSA) is 123 Å². The van der Waals surface area contributed by atoms with Gasteiger partial charge in [0.1, 0.15) is 5.58 Å². The Bertz CT molecular complexity index is 890. The van der Waals surface area contributed by atoms with Crippen molar-refractivity contribution in [3.8, 4) is 0 Å². The van der Waals surface area contributed by atoms with Gasteiger partial charge >= 0.3 is 17.8 Å². The van der Waals surface area contributed by atoms with E-state index in [2.05, 4.69) is 5.32 Å². The van der Waals surface area contributed by atoms with Crippen molar-refractivity contribution >= 4 is 28.5 Å². The molecule has 27 heavy (non-hydrogen) atoms. The molecule has 1 amide bonds. The van der Waals surface area contributed by atoms with Gasteiger partial charge in [0.15, 0.2) is 0 Å². The van der Waals surface area contributed by atoms with Crippen LogP contribution in [0, 0.1) is 12.8 Å². The lowest BCUT2D eigenvalue weighted by atomic mass is 10.0. The molecule has 0 aliphatic carbocycles. The Morgan fingerprint density at radius 3 is 2.26 bits per heavy atom. The molecule has 4 N–H and O–H groups in total. The highest BCUT2D eigenvalue weighted by Crippen LogP contribution is 2.21. The highest BCUT2D eigenvalue weighted by molar-refractivity contribution is 5.97. The zero-order valence-corrected chi connectivity index (χ0v) is 14.8. The number of alkyl halides is 3. The van der Waals surface area contributed by atoms with Gasteiger partial charge in [-0.15, -0.1) is 0 Å². The highest BCUT2D eigenvalue weighted by atomic mass is 19.4. The molecule has 2 aromatic rings. The standard InChI is InChI=1S/C15H18N2O3.C2HF3O2/c1-8(2)14(16)15(19)17-10-4-5-12-11(7-10)9(3)6-13(18)20-12;3-2(4,5)1(6)7/h4-8,14H,16H2,1-3H3,(H,17,19);(H,6,7)/t14-;/m0./s1. The van der Waals surface area contributed by atoms with Gasteiger partial charge in [0.25, 0.3) is 0 Å². The van der Waals surface area contributed by atoms with Crippen LogP contribution in [-0.2, 0) is 9.59 Å². The minimum Gasteiger partial charge on any atom is -0.475 e. The van der Waals surface area contributed by atoms with Crippen molar-refractivity contribution in [1.82, 2.24) is 0 Å². The molecule has 0 fully saturated rings. The molecule has 0 bridgehead atoms. The summed E-state index contributed by atoms with van der Waals surface area (Å²) in [6, 6.07) is 6.00. The molecule has 0 aliphatic rings. The maximum Gasteiger partial charge on any atom is 0.490 e. The number of aryl methyl sites for hydroxylation is 1. The van der Waals surface area contributed by atoms with E-state index in [1.165, 1.54) is 6.07 Å². The van der Waals surface area contributed by atoms with Crippen LogP contribution in [0.1, 0.15) is 19.4 Å². The van der Waals surface area contributed by atoms with Gasteiger partial charge < -0.3 is 20.6 Å². The Hall–Kier alpha value is -2.88. The lowest BCUT2D eigenvalue weighted by Crippen LogP contribution is -2.39. The minimum atomic E-state index is -5.08. The summed E-state index contributed by atoms with van der Waals surface area (Å²) in [5.74, 6) is -2.92. The first-order valence-electron chi connectivity index (χ1n) is 7.74. The number of carbonyl (C=O) groups is 2. The smallest absolute Gasteiger partial charge is 0.475 e. The number of carbonyl (C=O) groups excluding carboxylic acids is 1. The summed E-state index contributed by atoms with van der Waals surface area (Å²) < 4.78 is 36.8. The number of aliphatic carboxylic acids is 1. The van der Waals surface area contributed by atoms with Gasteiger partial charge in [-0.1, -0.05) is 13.8 Å². The Labute approximate surface area is 152 Å². The van der Waals surface area contributed by atoms with E-state index >= 15 is 0 Å². The first kappa shape index (κ1) is 22.2. The van der Waals surface area contributed by atoms with Crippen LogP contribution < -0.4 is 16.7 Å². The maximum absolute atomic E-state index is 11.9. The maximum atomic E-state index is 11.9. The van der Waals surface area contributed by atoms with Crippen LogP contribution in [0.5, 0.6) is 0 Å². The fourth-order valence-electron chi connectivity index (χ4n) is 1.93. The van der Waals surface area contributed by atoms with Crippen LogP contribution in [0.4, 0.5) is 18.9 Å². The molecule has 0 radical (unpaired) electrons. The van der Waals surface area contributed by atoms with E-state index < -0.39 is 18.2 Å². The molecule has 0 unspecified atom stereocenters. The lowest BCUT2D eigenvalue weighted by molar-refractivity contribution is -0.192. The van der Waals surface area contributed by atoms with Crippen LogP contribution in [0.25, 0.3) is 11.0 Å². The fourth-order valence-corrected chi connectivity index (χ4v) is 1.93. The first-order valence-corrected chi connectivity index (χ1v) is 7.74. The monoisotopic (exact) mass is 388 g/mol. The van der Waals surface area contributed by atoms with Crippen molar-refractivity contribution in [1.29, 1.82) is 0 Å². The molecule has 0 saturated carbocycles. The SMILES string of the molecule is Cc1cc(=O)oc2ccc(NC(=O)[C@@H](N)C(C)C)cc12.O=C(O)C(F)(F)F. The van der Waals surface area contributed by atoms with Gasteiger partial charge in [-0.2, -0.15) is 13.2 Å². The summed E-state index contributed by atoms with van der Waals surface area (Å²) in [7, 11) is 0. The summed E-state index contributed by atoms with van der Waals surface area (Å²) in [4.78, 5) is 32.1. The molecule has 0 spiro atoms. The predicted molar refractivity (Wildman–Crippen MR) is 92.4 cm³/mol. The van der Waals surface area contributed by atoms with E-state index in [4.69, 9.17) is 20.1 Å². The van der Waals surface area contributed by atoms with E-state index in [0.29, 0.717) is 11.3 Å². The number of fused-ring (bicyclic) bond motifs is 1. The van der Waals surface area contributed by atoms with Crippen LogP contribution in [0.2, 0.25) is 0 Å². The van der Waals surface area contributed by atoms with Crippen molar-refractivity contribution in [2.45, 2.75) is 33.0 Å². The Balaban J connectivity index is 0.000000445. The number of halogens is 3. The number of hydrogen-bond donors (Lipinski definition) is 3. The van der Waals surface area contributed by atoms with Crippen LogP contribution in [0.15, 0.2) is 33.5 Å². The number of nitrogens with one attached hydrogen (secondary N) is 1. The van der Waals surface area contributed by atoms with Crippen LogP contribution >= 0.6 is 0 Å². The second-order valence-electron chi connectivity index (χ2n) is 6.02. The van der Waals surface area contributed by atoms with Crippen molar-refractivity contribution < 1.29 is 32.3 Å². The average Bonchev–Trinajstić information content (AvgIpc) is 2.54. The average molecular weight is 388 g/mol. The van der Waals surface area contributed by atoms with E-state index in [-0.39, 0.29) is 17.5 Å². The van der Waals surface area contributed by atoms with Crippen molar-refractivity contribution in [2.75, 3.05) is 5.32 Å². The Kier molecular flexibility index (Phi) is 7.12. The van der Waals surface area contributed by atoms with Gasteiger partial charge in [0, 0.05) is 17.1 Å². The Morgan fingerprint density at radius 2 is 1.78 bits per heavy atom. The molecule has 1 aromatic carbocycles. The number of carboxylic acids is 1. The normalized spacial score (nSPS) is 12.3. The quantitative estimate of drug-likeness (QED) is 0.695. The molecule has 0 saturated heterocycles. The molecule has 10 heteroatoms. The Morgan fingerprint density at radius 1 is 1.22 bits per heavy atom. The second-order valence-corrected chi connectivity index (χ2v) is 6.02. The third kappa shape index (κ3) is 6.41. The molecule has 0 aliphatic heterocycles. The summed E-state index contributed by atoms with van der Waals surface area (Å²) >= 11 is 0. The van der Waals surface area contributed by atoms with E-state index in [1.54, 1.807) is 18.2 Å². The number of amides is 1. The number of rotatable bonds is 3. The van der Waals surface area contributed by atoms with Gasteiger partial charge in [-0.3, -0.25) is 4.79 Å². The summed E-state index contributed by atoms with van der Waals surface area (Å²) in [6.45, 7) is 5.61. The van der Waals surface area contributed by atoms with E-state index in [0.717, 1.165) is 10.9 Å². The number of nitrogens with two attached hydrogens (primary N) is 1. The molecule has 7 nitrogen and oxygen atoms in total. The molecular weight excluding hydrogens is 369 g/mol. The van der Waals surface area contributed by atoms with Gasteiger partial charge in [-0.25, -0.2) is 9.59 Å². The molecule has 2 rings (SSSR count). The van der Waals surface area contributed by atoms with Crippen LogP contribution in [0.3, 0.4) is 0 Å². The summed E-state index contributed by atoms with van der Waals surface area (Å²) in [5.41, 5.74) is 7.36. The summed E-state index contributed by atoms with van der Waals surface area (Å²) in [5, 5.41) is 10.7. The number of carboxylic acid groups (broad SMARTS) is 1. The summed E-state index contributed by atoms with van der Waals surface area (Å²) in [6.07, 6.45) is -5.08. The fraction of sp³-hybridized carbons (Fsp3) is 0.353. The molecule has 1 aromatic heterocycles. The number of hydrogen-bond acceptors (Lipinski definition) is 5. The lowest BCUT2D eigenvalue weighted by Gasteiger charge is -2.15. The van der Waals surface area contributed by atoms with Crippen molar-refractivity contribution in [3.63, 3.8) is 0 Å². The van der Waals surface area contributed by atoms with E-state index in [9.17, 15) is 22.8 Å². The largest absolute Gasteiger partial charge is 0.490 e. The molecule has 148 valence electrons. The van der Waals surface area contributed by atoms with Gasteiger partial charge in [-0.05, 0) is 36.6 Å². The van der Waals surface area contributed by atoms with E-state index in [1.807, 2.05) is 20.8 Å². The van der Waals surface area contributed by atoms with Crippen molar-refractivity contribution in [3.05, 3.63) is 40.2 Å². The van der Waals surface area contributed by atoms with Gasteiger partial charge in [0.05, 0.1) is 6.04 Å². The molecule has 1 heterocycles. The highest BCUT2D eigenvalue weighted by Gasteiger charge is 2.38. The second kappa shape index (κ2) is 8.67. The van der Waals surface area contributed by atoms with Gasteiger partial charge in [0.2, 0.25) is 5.91 Å². The first-order chi connectivity index (χ1) is 12.3. The zero-order valence-electron chi connectivity index (χ0n) is 14.8. The third-order valence-corrected chi connectivity index (χ3v) is 3.48. The number of benzene rings is 1. The third-order valence-electron chi connectivity index (χ3n) is 3.48.